The second-order valence-corrected chi connectivity index (χ2v) is 5.62. The summed E-state index contributed by atoms with van der Waals surface area (Å²) in [5.41, 5.74) is 1.74. The van der Waals surface area contributed by atoms with Crippen molar-refractivity contribution in [1.29, 1.82) is 0 Å². The van der Waals surface area contributed by atoms with Crippen molar-refractivity contribution in [3.63, 3.8) is 0 Å². The number of aromatic nitrogens is 3. The summed E-state index contributed by atoms with van der Waals surface area (Å²) >= 11 is 3.43. The molecule has 0 atom stereocenters. The second-order valence-electron chi connectivity index (χ2n) is 4.70. The Morgan fingerprint density at radius 3 is 2.77 bits per heavy atom. The first-order chi connectivity index (χ1) is 10.6. The van der Waals surface area contributed by atoms with Gasteiger partial charge >= 0.3 is 0 Å². The summed E-state index contributed by atoms with van der Waals surface area (Å²) in [6, 6.07) is 14.2. The standard InChI is InChI=1S/C15H11BrN4O2/c16-13-5-1-3-11(7-13)9-19-10-17-15(18-19)12-4-2-6-14(8-12)20(21)22/h1-8,10H,9H2. The molecule has 6 nitrogen and oxygen atoms in total. The first kappa shape index (κ1) is 14.4. The van der Waals surface area contributed by atoms with E-state index in [1.165, 1.54) is 12.1 Å². The monoisotopic (exact) mass is 358 g/mol. The Hall–Kier alpha value is -2.54. The fourth-order valence-corrected chi connectivity index (χ4v) is 2.53. The van der Waals surface area contributed by atoms with E-state index in [4.69, 9.17) is 0 Å². The molecule has 22 heavy (non-hydrogen) atoms. The molecular formula is C15H11BrN4O2. The Bertz CT molecular complexity index is 832. The number of rotatable bonds is 4. The van der Waals surface area contributed by atoms with Crippen molar-refractivity contribution in [2.24, 2.45) is 0 Å². The van der Waals surface area contributed by atoms with Crippen LogP contribution in [0.2, 0.25) is 0 Å². The van der Waals surface area contributed by atoms with Gasteiger partial charge in [-0.15, -0.1) is 0 Å². The Morgan fingerprint density at radius 1 is 1.18 bits per heavy atom. The van der Waals surface area contributed by atoms with E-state index in [0.29, 0.717) is 17.9 Å². The van der Waals surface area contributed by atoms with Crippen molar-refractivity contribution in [1.82, 2.24) is 14.8 Å². The SMILES string of the molecule is O=[N+]([O-])c1cccc(-c2ncn(Cc3cccc(Br)c3)n2)c1. The van der Waals surface area contributed by atoms with Crippen LogP contribution in [0.25, 0.3) is 11.4 Å². The van der Waals surface area contributed by atoms with Gasteiger partial charge in [-0.2, -0.15) is 5.10 Å². The van der Waals surface area contributed by atoms with Crippen LogP contribution in [0.1, 0.15) is 5.56 Å². The first-order valence-electron chi connectivity index (χ1n) is 6.50. The highest BCUT2D eigenvalue weighted by Crippen LogP contribution is 2.20. The van der Waals surface area contributed by atoms with Crippen LogP contribution in [-0.2, 0) is 6.54 Å². The van der Waals surface area contributed by atoms with E-state index < -0.39 is 4.92 Å². The van der Waals surface area contributed by atoms with Crippen molar-refractivity contribution in [2.45, 2.75) is 6.54 Å². The van der Waals surface area contributed by atoms with Gasteiger partial charge < -0.3 is 0 Å². The van der Waals surface area contributed by atoms with Gasteiger partial charge in [0.15, 0.2) is 5.82 Å². The molecule has 2 aromatic carbocycles. The third-order valence-electron chi connectivity index (χ3n) is 3.09. The highest BCUT2D eigenvalue weighted by Gasteiger charge is 2.10. The smallest absolute Gasteiger partial charge is 0.258 e. The number of halogens is 1. The molecular weight excluding hydrogens is 348 g/mol. The lowest BCUT2D eigenvalue weighted by atomic mass is 10.2. The molecule has 3 aromatic rings. The van der Waals surface area contributed by atoms with Gasteiger partial charge in [-0.3, -0.25) is 10.1 Å². The van der Waals surface area contributed by atoms with Gasteiger partial charge in [0.25, 0.3) is 5.69 Å². The minimum absolute atomic E-state index is 0.0286. The van der Waals surface area contributed by atoms with Crippen molar-refractivity contribution < 1.29 is 4.92 Å². The lowest BCUT2D eigenvalue weighted by Crippen LogP contribution is -2.00. The number of nitrogens with zero attached hydrogens (tertiary/aromatic N) is 4. The summed E-state index contributed by atoms with van der Waals surface area (Å²) in [7, 11) is 0. The second kappa shape index (κ2) is 6.07. The van der Waals surface area contributed by atoms with Gasteiger partial charge in [-0.1, -0.05) is 40.2 Å². The van der Waals surface area contributed by atoms with Crippen LogP contribution in [0.4, 0.5) is 5.69 Å². The first-order valence-corrected chi connectivity index (χ1v) is 7.30. The normalized spacial score (nSPS) is 10.6. The van der Waals surface area contributed by atoms with E-state index in [1.54, 1.807) is 23.1 Å². The summed E-state index contributed by atoms with van der Waals surface area (Å²) < 4.78 is 2.71. The van der Waals surface area contributed by atoms with Crippen molar-refractivity contribution >= 4 is 21.6 Å². The molecule has 0 spiro atoms. The van der Waals surface area contributed by atoms with E-state index in [1.807, 2.05) is 24.3 Å². The summed E-state index contributed by atoms with van der Waals surface area (Å²) in [4.78, 5) is 14.6. The van der Waals surface area contributed by atoms with E-state index in [-0.39, 0.29) is 5.69 Å². The molecule has 0 amide bonds. The quantitative estimate of drug-likeness (QED) is 0.526. The Kier molecular flexibility index (Phi) is 3.97. The molecule has 0 radical (unpaired) electrons. The van der Waals surface area contributed by atoms with Gasteiger partial charge in [0.05, 0.1) is 11.5 Å². The highest BCUT2D eigenvalue weighted by molar-refractivity contribution is 9.10. The summed E-state index contributed by atoms with van der Waals surface area (Å²) in [5.74, 6) is 0.471. The molecule has 0 saturated carbocycles. The van der Waals surface area contributed by atoms with Crippen LogP contribution in [0, 0.1) is 10.1 Å². The topological polar surface area (TPSA) is 73.8 Å². The Balaban J connectivity index is 1.84. The fraction of sp³-hybridized carbons (Fsp3) is 0.0667. The van der Waals surface area contributed by atoms with E-state index >= 15 is 0 Å². The molecule has 0 saturated heterocycles. The Labute approximate surface area is 134 Å². The number of nitro benzene ring substituents is 1. The summed E-state index contributed by atoms with van der Waals surface area (Å²) in [5, 5.41) is 15.2. The van der Waals surface area contributed by atoms with Crippen LogP contribution < -0.4 is 0 Å². The predicted molar refractivity (Wildman–Crippen MR) is 85.4 cm³/mol. The predicted octanol–water partition coefficient (Wildman–Crippen LogP) is 3.66. The van der Waals surface area contributed by atoms with E-state index in [9.17, 15) is 10.1 Å². The average molecular weight is 359 g/mol. The van der Waals surface area contributed by atoms with Crippen molar-refractivity contribution in [3.05, 3.63) is 75.0 Å². The average Bonchev–Trinajstić information content (AvgIpc) is 2.96. The molecule has 110 valence electrons. The van der Waals surface area contributed by atoms with Gasteiger partial charge in [-0.05, 0) is 17.7 Å². The Morgan fingerprint density at radius 2 is 2.00 bits per heavy atom. The number of non-ortho nitro benzene ring substituents is 1. The maximum absolute atomic E-state index is 10.8. The number of hydrogen-bond donors (Lipinski definition) is 0. The molecule has 0 aliphatic rings. The van der Waals surface area contributed by atoms with Crippen LogP contribution in [-0.4, -0.2) is 19.7 Å². The minimum Gasteiger partial charge on any atom is -0.258 e. The van der Waals surface area contributed by atoms with Gasteiger partial charge in [-0.25, -0.2) is 9.67 Å². The lowest BCUT2D eigenvalue weighted by molar-refractivity contribution is -0.384. The number of nitro groups is 1. The van der Waals surface area contributed by atoms with Crippen LogP contribution >= 0.6 is 15.9 Å². The van der Waals surface area contributed by atoms with Crippen LogP contribution in [0.3, 0.4) is 0 Å². The summed E-state index contributed by atoms with van der Waals surface area (Å²) in [6.45, 7) is 0.585. The van der Waals surface area contributed by atoms with Gasteiger partial charge in [0, 0.05) is 22.2 Å². The molecule has 0 bridgehead atoms. The maximum Gasteiger partial charge on any atom is 0.270 e. The van der Waals surface area contributed by atoms with Crippen molar-refractivity contribution in [2.75, 3.05) is 0 Å². The molecule has 1 heterocycles. The molecule has 0 aliphatic heterocycles. The molecule has 7 heteroatoms. The minimum atomic E-state index is -0.429. The third-order valence-corrected chi connectivity index (χ3v) is 3.58. The summed E-state index contributed by atoms with van der Waals surface area (Å²) in [6.07, 6.45) is 1.62. The lowest BCUT2D eigenvalue weighted by Gasteiger charge is -2.01. The number of hydrogen-bond acceptors (Lipinski definition) is 4. The zero-order chi connectivity index (χ0) is 15.5. The molecule has 3 rings (SSSR count). The van der Waals surface area contributed by atoms with Crippen LogP contribution in [0.15, 0.2) is 59.3 Å². The largest absolute Gasteiger partial charge is 0.270 e. The highest BCUT2D eigenvalue weighted by atomic mass is 79.9. The van der Waals surface area contributed by atoms with Gasteiger partial charge in [0.2, 0.25) is 0 Å². The van der Waals surface area contributed by atoms with Gasteiger partial charge in [0.1, 0.15) is 6.33 Å². The van der Waals surface area contributed by atoms with E-state index in [0.717, 1.165) is 10.0 Å². The molecule has 1 aromatic heterocycles. The third kappa shape index (κ3) is 3.20. The molecule has 0 unspecified atom stereocenters. The fourth-order valence-electron chi connectivity index (χ4n) is 2.08. The molecule has 0 aliphatic carbocycles. The zero-order valence-electron chi connectivity index (χ0n) is 11.4. The number of benzene rings is 2. The van der Waals surface area contributed by atoms with Crippen LogP contribution in [0.5, 0.6) is 0 Å². The molecule has 0 N–H and O–H groups in total. The van der Waals surface area contributed by atoms with E-state index in [2.05, 4.69) is 26.0 Å². The zero-order valence-corrected chi connectivity index (χ0v) is 13.0. The van der Waals surface area contributed by atoms with Crippen molar-refractivity contribution in [3.8, 4) is 11.4 Å². The maximum atomic E-state index is 10.8. The molecule has 0 fully saturated rings.